The molecule has 0 aliphatic carbocycles. The SMILES string of the molecule is CCC(C)(C)C(=O)C(=O)N1CCCC1C(=O)CNC(N)=S. The highest BCUT2D eigenvalue weighted by molar-refractivity contribution is 7.80. The second kappa shape index (κ2) is 6.98. The lowest BCUT2D eigenvalue weighted by Crippen LogP contribution is -2.49. The molecule has 21 heavy (non-hydrogen) atoms. The molecule has 1 rings (SSSR count). The maximum atomic E-state index is 12.4. The number of carbonyl (C=O) groups excluding carboxylic acids is 3. The second-order valence-electron chi connectivity index (χ2n) is 5.91. The molecule has 1 atom stereocenters. The van der Waals surface area contributed by atoms with Gasteiger partial charge < -0.3 is 16.0 Å². The van der Waals surface area contributed by atoms with Crippen molar-refractivity contribution in [2.75, 3.05) is 13.1 Å². The summed E-state index contributed by atoms with van der Waals surface area (Å²) in [5.41, 5.74) is 4.59. The van der Waals surface area contributed by atoms with Gasteiger partial charge in [-0.2, -0.15) is 0 Å². The van der Waals surface area contributed by atoms with Gasteiger partial charge in [0.2, 0.25) is 5.78 Å². The highest BCUT2D eigenvalue weighted by Crippen LogP contribution is 2.25. The highest BCUT2D eigenvalue weighted by atomic mass is 32.1. The van der Waals surface area contributed by atoms with Crippen LogP contribution in [0.15, 0.2) is 0 Å². The Morgan fingerprint density at radius 1 is 1.38 bits per heavy atom. The van der Waals surface area contributed by atoms with Gasteiger partial charge in [-0.3, -0.25) is 14.4 Å². The van der Waals surface area contributed by atoms with E-state index < -0.39 is 23.1 Å². The summed E-state index contributed by atoms with van der Waals surface area (Å²) in [6, 6.07) is -0.559. The number of hydrogen-bond acceptors (Lipinski definition) is 4. The van der Waals surface area contributed by atoms with Gasteiger partial charge in [0.25, 0.3) is 5.91 Å². The van der Waals surface area contributed by atoms with Crippen LogP contribution in [-0.2, 0) is 14.4 Å². The fraction of sp³-hybridized carbons (Fsp3) is 0.714. The van der Waals surface area contributed by atoms with E-state index in [9.17, 15) is 14.4 Å². The Labute approximate surface area is 130 Å². The van der Waals surface area contributed by atoms with Gasteiger partial charge in [-0.05, 0) is 31.5 Å². The zero-order chi connectivity index (χ0) is 16.2. The lowest BCUT2D eigenvalue weighted by Gasteiger charge is -2.27. The third kappa shape index (κ3) is 4.23. The summed E-state index contributed by atoms with van der Waals surface area (Å²) < 4.78 is 0. The average molecular weight is 313 g/mol. The highest BCUT2D eigenvalue weighted by Gasteiger charge is 2.40. The second-order valence-corrected chi connectivity index (χ2v) is 6.35. The molecule has 1 amide bonds. The van der Waals surface area contributed by atoms with E-state index in [2.05, 4.69) is 17.5 Å². The van der Waals surface area contributed by atoms with Crippen LogP contribution in [-0.4, -0.2) is 46.6 Å². The molecule has 1 unspecified atom stereocenters. The minimum atomic E-state index is -0.704. The number of carbonyl (C=O) groups is 3. The molecule has 1 heterocycles. The molecule has 0 bridgehead atoms. The van der Waals surface area contributed by atoms with Crippen LogP contribution in [0.3, 0.4) is 0 Å². The fourth-order valence-electron chi connectivity index (χ4n) is 2.22. The first kappa shape index (κ1) is 17.6. The molecule has 1 aliphatic heterocycles. The number of likely N-dealkylation sites (tertiary alicyclic amines) is 1. The molecular formula is C14H23N3O3S. The molecule has 1 aliphatic rings. The Morgan fingerprint density at radius 2 is 2.00 bits per heavy atom. The normalized spacial score (nSPS) is 18.4. The van der Waals surface area contributed by atoms with Crippen molar-refractivity contribution in [3.63, 3.8) is 0 Å². The summed E-state index contributed by atoms with van der Waals surface area (Å²) in [4.78, 5) is 38.1. The van der Waals surface area contributed by atoms with Gasteiger partial charge in [-0.1, -0.05) is 20.8 Å². The zero-order valence-corrected chi connectivity index (χ0v) is 13.6. The third-order valence-electron chi connectivity index (χ3n) is 4.01. The van der Waals surface area contributed by atoms with Crippen molar-refractivity contribution in [3.05, 3.63) is 0 Å². The summed E-state index contributed by atoms with van der Waals surface area (Å²) in [7, 11) is 0. The number of thiocarbonyl (C=S) groups is 1. The van der Waals surface area contributed by atoms with Gasteiger partial charge in [-0.25, -0.2) is 0 Å². The lowest BCUT2D eigenvalue weighted by atomic mass is 9.84. The Morgan fingerprint density at radius 3 is 2.52 bits per heavy atom. The summed E-state index contributed by atoms with van der Waals surface area (Å²) >= 11 is 4.66. The van der Waals surface area contributed by atoms with Crippen LogP contribution in [0, 0.1) is 5.41 Å². The van der Waals surface area contributed by atoms with Crippen molar-refractivity contribution < 1.29 is 14.4 Å². The topological polar surface area (TPSA) is 92.5 Å². The van der Waals surface area contributed by atoms with Crippen molar-refractivity contribution in [1.82, 2.24) is 10.2 Å². The fourth-order valence-corrected chi connectivity index (χ4v) is 2.29. The van der Waals surface area contributed by atoms with E-state index in [0.29, 0.717) is 19.4 Å². The molecule has 0 spiro atoms. The van der Waals surface area contributed by atoms with Crippen molar-refractivity contribution in [1.29, 1.82) is 0 Å². The van der Waals surface area contributed by atoms with E-state index in [0.717, 1.165) is 6.42 Å². The van der Waals surface area contributed by atoms with E-state index in [1.54, 1.807) is 13.8 Å². The number of nitrogens with two attached hydrogens (primary N) is 1. The monoisotopic (exact) mass is 313 g/mol. The molecule has 0 aromatic rings. The molecular weight excluding hydrogens is 290 g/mol. The lowest BCUT2D eigenvalue weighted by molar-refractivity contribution is -0.151. The molecule has 0 radical (unpaired) electrons. The van der Waals surface area contributed by atoms with Crippen LogP contribution >= 0.6 is 12.2 Å². The van der Waals surface area contributed by atoms with E-state index in [4.69, 9.17) is 5.73 Å². The van der Waals surface area contributed by atoms with Crippen molar-refractivity contribution in [3.8, 4) is 0 Å². The third-order valence-corrected chi connectivity index (χ3v) is 4.16. The van der Waals surface area contributed by atoms with Crippen LogP contribution in [0.2, 0.25) is 0 Å². The molecule has 0 aromatic carbocycles. The number of rotatable bonds is 6. The number of ketones is 2. The van der Waals surface area contributed by atoms with Gasteiger partial charge in [0.05, 0.1) is 12.6 Å². The van der Waals surface area contributed by atoms with Crippen LogP contribution < -0.4 is 11.1 Å². The Hall–Kier alpha value is -1.50. The minimum absolute atomic E-state index is 0.0187. The zero-order valence-electron chi connectivity index (χ0n) is 12.8. The molecule has 7 heteroatoms. The number of nitrogens with one attached hydrogen (secondary N) is 1. The number of Topliss-reactive ketones (excluding diaryl/α,β-unsaturated/α-hetero) is 2. The first-order chi connectivity index (χ1) is 9.70. The predicted octanol–water partition coefficient (Wildman–Crippen LogP) is 0.385. The molecule has 0 aromatic heterocycles. The van der Waals surface area contributed by atoms with Gasteiger partial charge in [0, 0.05) is 12.0 Å². The Bertz CT molecular complexity index is 462. The van der Waals surface area contributed by atoms with Crippen molar-refractivity contribution in [2.24, 2.45) is 11.1 Å². The molecule has 0 saturated carbocycles. The molecule has 3 N–H and O–H groups in total. The summed E-state index contributed by atoms with van der Waals surface area (Å²) in [6.07, 6.45) is 1.87. The van der Waals surface area contributed by atoms with Gasteiger partial charge >= 0.3 is 0 Å². The summed E-state index contributed by atoms with van der Waals surface area (Å²) in [5.74, 6) is -1.17. The Kier molecular flexibility index (Phi) is 5.83. The summed E-state index contributed by atoms with van der Waals surface area (Å²) in [6.45, 7) is 5.77. The van der Waals surface area contributed by atoms with E-state index in [1.807, 2.05) is 6.92 Å². The maximum Gasteiger partial charge on any atom is 0.291 e. The Balaban J connectivity index is 2.77. The number of amides is 1. The number of hydrogen-bond donors (Lipinski definition) is 2. The van der Waals surface area contributed by atoms with Crippen LogP contribution in [0.25, 0.3) is 0 Å². The van der Waals surface area contributed by atoms with Crippen molar-refractivity contribution >= 4 is 34.8 Å². The minimum Gasteiger partial charge on any atom is -0.376 e. The maximum absolute atomic E-state index is 12.4. The van der Waals surface area contributed by atoms with Crippen LogP contribution in [0.4, 0.5) is 0 Å². The number of nitrogens with zero attached hydrogens (tertiary/aromatic N) is 1. The van der Waals surface area contributed by atoms with Gasteiger partial charge in [0.15, 0.2) is 10.9 Å². The standard InChI is InChI=1S/C14H23N3O3S/c1-4-14(2,3)11(19)12(20)17-7-5-6-9(17)10(18)8-16-13(15)21/h9H,4-8H2,1-3H3,(H3,15,16,21). The molecule has 118 valence electrons. The van der Waals surface area contributed by atoms with Gasteiger partial charge in [0.1, 0.15) is 0 Å². The van der Waals surface area contributed by atoms with Gasteiger partial charge in [-0.15, -0.1) is 0 Å². The summed E-state index contributed by atoms with van der Waals surface area (Å²) in [5, 5.41) is 2.63. The predicted molar refractivity (Wildman–Crippen MR) is 83.6 cm³/mol. The van der Waals surface area contributed by atoms with Crippen LogP contribution in [0.1, 0.15) is 40.0 Å². The van der Waals surface area contributed by atoms with Crippen molar-refractivity contribution in [2.45, 2.75) is 46.1 Å². The largest absolute Gasteiger partial charge is 0.376 e. The van der Waals surface area contributed by atoms with E-state index >= 15 is 0 Å². The van der Waals surface area contributed by atoms with E-state index in [-0.39, 0.29) is 17.4 Å². The first-order valence-corrected chi connectivity index (χ1v) is 7.53. The first-order valence-electron chi connectivity index (χ1n) is 7.12. The average Bonchev–Trinajstić information content (AvgIpc) is 2.92. The smallest absolute Gasteiger partial charge is 0.291 e. The quantitative estimate of drug-likeness (QED) is 0.544. The van der Waals surface area contributed by atoms with Crippen LogP contribution in [0.5, 0.6) is 0 Å². The molecule has 6 nitrogen and oxygen atoms in total. The molecule has 1 fully saturated rings. The molecule has 1 saturated heterocycles. The van der Waals surface area contributed by atoms with E-state index in [1.165, 1.54) is 4.90 Å².